The van der Waals surface area contributed by atoms with Gasteiger partial charge in [-0.1, -0.05) is 116 Å². The monoisotopic (exact) mass is 1340 g/mol. The topological polar surface area (TPSA) is 203 Å². The molecule has 0 bridgehead atoms. The molecule has 3 N–H and O–H groups in total. The van der Waals surface area contributed by atoms with Crippen molar-refractivity contribution in [3.05, 3.63) is 211 Å². The summed E-state index contributed by atoms with van der Waals surface area (Å²) in [5, 5.41) is 10.4. The molecule has 3 saturated heterocycles. The highest BCUT2D eigenvalue weighted by Gasteiger charge is 2.25. The second-order valence-corrected chi connectivity index (χ2v) is 26.2. The van der Waals surface area contributed by atoms with Crippen LogP contribution in [0.2, 0.25) is 0 Å². The normalized spacial score (nSPS) is 15.0. The molecule has 23 heteroatoms. The molecule has 3 aliphatic heterocycles. The number of aryl methyl sites for hydroxylation is 1. The number of rotatable bonds is 20. The van der Waals surface area contributed by atoms with Gasteiger partial charge in [-0.15, -0.1) is 0 Å². The van der Waals surface area contributed by atoms with Gasteiger partial charge in [-0.3, -0.25) is 14.9 Å². The van der Waals surface area contributed by atoms with Gasteiger partial charge in [0.1, 0.15) is 58.9 Å². The number of hydrogen-bond acceptors (Lipinski definition) is 23. The van der Waals surface area contributed by atoms with E-state index in [-0.39, 0.29) is 0 Å². The molecule has 0 radical (unpaired) electrons. The molecule has 4 fully saturated rings. The highest BCUT2D eigenvalue weighted by molar-refractivity contribution is 5.66. The summed E-state index contributed by atoms with van der Waals surface area (Å²) in [6.45, 7) is 14.1. The molecule has 0 spiro atoms. The van der Waals surface area contributed by atoms with E-state index >= 15 is 0 Å². The molecule has 0 atom stereocenters. The van der Waals surface area contributed by atoms with Crippen LogP contribution in [0.1, 0.15) is 60.3 Å². The highest BCUT2D eigenvalue weighted by atomic mass is 16.5. The van der Waals surface area contributed by atoms with Crippen LogP contribution in [0.5, 0.6) is 5.75 Å². The largest absolute Gasteiger partial charge is 0.489 e. The number of nitrogens with one attached hydrogen (secondary N) is 3. The Morgan fingerprint density at radius 3 is 1.29 bits per heavy atom. The van der Waals surface area contributed by atoms with E-state index in [1.807, 2.05) is 124 Å². The summed E-state index contributed by atoms with van der Waals surface area (Å²) < 4.78 is 5.99. The minimum atomic E-state index is 0.521. The summed E-state index contributed by atoms with van der Waals surface area (Å²) in [7, 11) is 12.0. The van der Waals surface area contributed by atoms with Crippen molar-refractivity contribution in [3.63, 3.8) is 0 Å². The molecule has 10 aromatic rings. The van der Waals surface area contributed by atoms with Gasteiger partial charge in [-0.25, -0.2) is 9.97 Å². The molecule has 14 rings (SSSR count). The Balaban J connectivity index is 0.000000143. The van der Waals surface area contributed by atoms with Gasteiger partial charge in [0.25, 0.3) is 0 Å². The van der Waals surface area contributed by atoms with Crippen molar-refractivity contribution in [2.45, 2.75) is 58.1 Å². The van der Waals surface area contributed by atoms with E-state index in [4.69, 9.17) is 34.6 Å². The second-order valence-electron chi connectivity index (χ2n) is 26.2. The molecule has 100 heavy (non-hydrogen) atoms. The summed E-state index contributed by atoms with van der Waals surface area (Å²) >= 11 is 0. The second kappa shape index (κ2) is 34.0. The average molecular weight is 1340 g/mol. The van der Waals surface area contributed by atoms with Crippen LogP contribution in [0.3, 0.4) is 0 Å². The fraction of sp³-hybridized carbons (Fsp3) is 0.351. The third-order valence-electron chi connectivity index (χ3n) is 18.2. The molecule has 518 valence electrons. The molecule has 8 heterocycles. The predicted octanol–water partition coefficient (Wildman–Crippen LogP) is 12.3. The summed E-state index contributed by atoms with van der Waals surface area (Å²) in [6, 6.07) is 52.0. The Labute approximate surface area is 589 Å². The van der Waals surface area contributed by atoms with E-state index in [9.17, 15) is 0 Å². The smallest absolute Gasteiger partial charge is 0.229 e. The van der Waals surface area contributed by atoms with Crippen LogP contribution < -0.4 is 59.9 Å². The van der Waals surface area contributed by atoms with Crippen molar-refractivity contribution in [2.24, 2.45) is 0 Å². The van der Waals surface area contributed by atoms with E-state index in [0.29, 0.717) is 18.5 Å². The molecule has 5 aromatic carbocycles. The first-order chi connectivity index (χ1) is 48.9. The SMILES string of the molecule is CN(C)c1cc(Nc2ccc(C3CCCCC3)cc2)nc(N2CCN(c3cnccn3)CC2)n1.CN(C)c1cc(Nc2cccc(OCc3ccccc3)c2)nc(N2CCN(c3cnccn3)CC2)n1.Cc1ccc(Nc2cc(N(C)C)nc(N3CCN(Cc4ccccc4)CC3)n2)cc1. The molecule has 5 aromatic heterocycles. The summed E-state index contributed by atoms with van der Waals surface area (Å²) in [6.07, 6.45) is 17.2. The minimum Gasteiger partial charge on any atom is -0.489 e. The van der Waals surface area contributed by atoms with Crippen LogP contribution in [-0.2, 0) is 13.2 Å². The molecule has 4 aliphatic rings. The molecule has 1 saturated carbocycles. The van der Waals surface area contributed by atoms with Crippen LogP contribution in [0.15, 0.2) is 189 Å². The minimum absolute atomic E-state index is 0.521. The number of hydrogen-bond donors (Lipinski definition) is 3. The predicted molar refractivity (Wildman–Crippen MR) is 406 cm³/mol. The van der Waals surface area contributed by atoms with E-state index < -0.39 is 0 Å². The zero-order chi connectivity index (χ0) is 69.0. The lowest BCUT2D eigenvalue weighted by Crippen LogP contribution is -2.47. The maximum absolute atomic E-state index is 5.99. The molecular weight excluding hydrogens is 1250 g/mol. The fourth-order valence-electron chi connectivity index (χ4n) is 12.5. The standard InChI is InChI=1S/C27H30N8O.C26H34N8.C24H30N6/c1-33(2)25-18-24(30-22-9-6-10-23(17-22)36-20-21-7-4-3-5-8-21)31-27(32-25)35-15-13-34(14-16-35)26-19-28-11-12-29-26;1-32(2)24-18-23(29-22-10-8-21(9-11-22)20-6-4-3-5-7-20)30-26(31-24)34-16-14-33(15-17-34)25-19-27-12-13-28-25;1-19-9-11-21(12-10-19)25-22-17-23(28(2)3)27-24(26-22)30-15-13-29(14-16-30)18-20-7-5-4-6-8-20/h3-12,17-19H,13-16,20H2,1-2H3,(H,30,31,32);8-13,18-20H,3-7,14-17H2,1-2H3,(H,29,30,31);4-12,17H,13-16,18H2,1-3H3,(H,25,26,27). The van der Waals surface area contributed by atoms with Crippen molar-refractivity contribution in [3.8, 4) is 5.75 Å². The summed E-state index contributed by atoms with van der Waals surface area (Å²) in [5.41, 5.74) is 8.19. The fourth-order valence-corrected chi connectivity index (χ4v) is 12.5. The average Bonchev–Trinajstić information content (AvgIpc) is 0.847. The van der Waals surface area contributed by atoms with Crippen LogP contribution in [0, 0.1) is 6.92 Å². The Bertz CT molecular complexity index is 4110. The maximum atomic E-state index is 5.99. The maximum Gasteiger partial charge on any atom is 0.229 e. The van der Waals surface area contributed by atoms with Crippen LogP contribution in [0.4, 0.5) is 81.5 Å². The van der Waals surface area contributed by atoms with Gasteiger partial charge in [0.2, 0.25) is 17.8 Å². The Morgan fingerprint density at radius 2 is 0.840 bits per heavy atom. The highest BCUT2D eigenvalue weighted by Crippen LogP contribution is 2.34. The van der Waals surface area contributed by atoms with Crippen molar-refractivity contribution in [1.82, 2.24) is 54.7 Å². The van der Waals surface area contributed by atoms with Crippen molar-refractivity contribution in [1.29, 1.82) is 0 Å². The van der Waals surface area contributed by atoms with Gasteiger partial charge < -0.3 is 59.9 Å². The number of piperazine rings is 3. The lowest BCUT2D eigenvalue weighted by Gasteiger charge is -2.35. The Morgan fingerprint density at radius 1 is 0.410 bits per heavy atom. The molecule has 0 unspecified atom stereocenters. The zero-order valence-corrected chi connectivity index (χ0v) is 58.8. The number of benzene rings is 5. The van der Waals surface area contributed by atoms with Crippen molar-refractivity contribution >= 4 is 81.5 Å². The van der Waals surface area contributed by atoms with E-state index in [0.717, 1.165) is 172 Å². The van der Waals surface area contributed by atoms with Gasteiger partial charge >= 0.3 is 0 Å². The molecule has 1 aliphatic carbocycles. The van der Waals surface area contributed by atoms with Crippen molar-refractivity contribution < 1.29 is 4.74 Å². The van der Waals surface area contributed by atoms with Crippen LogP contribution in [-0.4, -0.2) is 176 Å². The Hall–Kier alpha value is -10.9. The zero-order valence-electron chi connectivity index (χ0n) is 58.8. The van der Waals surface area contributed by atoms with Gasteiger partial charge in [-0.2, -0.15) is 29.9 Å². The van der Waals surface area contributed by atoms with E-state index in [2.05, 4.69) is 163 Å². The quantitative estimate of drug-likeness (QED) is 0.0649. The van der Waals surface area contributed by atoms with Gasteiger partial charge in [0.05, 0.1) is 12.4 Å². The number of ether oxygens (including phenoxy) is 1. The molecular formula is C77H94N22O. The van der Waals surface area contributed by atoms with Crippen molar-refractivity contribution in [2.75, 3.05) is 176 Å². The van der Waals surface area contributed by atoms with Crippen LogP contribution >= 0.6 is 0 Å². The number of anilines is 14. The Kier molecular flexibility index (Phi) is 23.5. The van der Waals surface area contributed by atoms with Gasteiger partial charge in [0.15, 0.2) is 0 Å². The van der Waals surface area contributed by atoms with E-state index in [1.54, 1.807) is 31.0 Å². The number of nitrogens with zero attached hydrogens (tertiary/aromatic N) is 19. The third-order valence-corrected chi connectivity index (χ3v) is 18.2. The summed E-state index contributed by atoms with van der Waals surface area (Å²) in [5.74, 6) is 10.6. The molecule has 0 amide bonds. The third kappa shape index (κ3) is 19.5. The lowest BCUT2D eigenvalue weighted by atomic mass is 9.84. The first-order valence-electron chi connectivity index (χ1n) is 34.8. The first kappa shape index (κ1) is 69.0. The van der Waals surface area contributed by atoms with Crippen LogP contribution in [0.25, 0.3) is 0 Å². The number of aromatic nitrogens is 10. The summed E-state index contributed by atoms with van der Waals surface area (Å²) in [4.78, 5) is 66.0. The first-order valence-corrected chi connectivity index (χ1v) is 34.8. The van der Waals surface area contributed by atoms with Gasteiger partial charge in [0, 0.05) is 193 Å². The van der Waals surface area contributed by atoms with Gasteiger partial charge in [-0.05, 0) is 78.8 Å². The molecule has 23 nitrogen and oxygen atoms in total. The lowest BCUT2D eigenvalue weighted by molar-refractivity contribution is 0.249. The van der Waals surface area contributed by atoms with E-state index in [1.165, 1.54) is 48.8 Å².